The quantitative estimate of drug-likeness (QED) is 0.809. The number of fused-ring (bicyclic) bond motifs is 1. The average molecular weight is 268 g/mol. The summed E-state index contributed by atoms with van der Waals surface area (Å²) in [6.45, 7) is 8.48. The summed E-state index contributed by atoms with van der Waals surface area (Å²) < 4.78 is 5.54. The average Bonchev–Trinajstić information content (AvgIpc) is 2.42. The van der Waals surface area contributed by atoms with Crippen LogP contribution in [0.25, 0.3) is 0 Å². The molecule has 3 heterocycles. The molecule has 0 aliphatic carbocycles. The van der Waals surface area contributed by atoms with E-state index in [1.54, 1.807) is 0 Å². The molecule has 110 valence electrons. The van der Waals surface area contributed by atoms with Gasteiger partial charge in [0, 0.05) is 44.2 Å². The normalized spacial score (nSPS) is 42.0. The van der Waals surface area contributed by atoms with Crippen molar-refractivity contribution < 1.29 is 9.84 Å². The van der Waals surface area contributed by atoms with Gasteiger partial charge in [-0.15, -0.1) is 0 Å². The molecular formula is C15H28N2O2. The Kier molecular flexibility index (Phi) is 4.42. The SMILES string of the molecule is CC1CN2CCCCC2CN1CC1COCCC1O. The number of hydrogen-bond acceptors (Lipinski definition) is 4. The molecule has 0 spiro atoms. The van der Waals surface area contributed by atoms with Crippen molar-refractivity contribution in [2.75, 3.05) is 39.4 Å². The van der Waals surface area contributed by atoms with Gasteiger partial charge in [0.05, 0.1) is 12.7 Å². The monoisotopic (exact) mass is 268 g/mol. The van der Waals surface area contributed by atoms with Crippen LogP contribution in [0.5, 0.6) is 0 Å². The Balaban J connectivity index is 1.57. The predicted octanol–water partition coefficient (Wildman–Crippen LogP) is 0.942. The van der Waals surface area contributed by atoms with Crippen LogP contribution in [-0.2, 0) is 4.74 Å². The van der Waals surface area contributed by atoms with Crippen LogP contribution in [0.4, 0.5) is 0 Å². The minimum Gasteiger partial charge on any atom is -0.393 e. The summed E-state index contributed by atoms with van der Waals surface area (Å²) in [4.78, 5) is 5.27. The largest absolute Gasteiger partial charge is 0.393 e. The van der Waals surface area contributed by atoms with Gasteiger partial charge < -0.3 is 9.84 Å². The minimum absolute atomic E-state index is 0.162. The van der Waals surface area contributed by atoms with E-state index in [4.69, 9.17) is 4.74 Å². The molecule has 3 fully saturated rings. The van der Waals surface area contributed by atoms with Gasteiger partial charge in [-0.2, -0.15) is 0 Å². The van der Waals surface area contributed by atoms with Crippen LogP contribution in [0.3, 0.4) is 0 Å². The van der Waals surface area contributed by atoms with E-state index in [1.165, 1.54) is 38.9 Å². The molecule has 4 heteroatoms. The van der Waals surface area contributed by atoms with Crippen LogP contribution in [-0.4, -0.2) is 72.5 Å². The van der Waals surface area contributed by atoms with Gasteiger partial charge in [-0.1, -0.05) is 6.42 Å². The van der Waals surface area contributed by atoms with Crippen LogP contribution in [0.15, 0.2) is 0 Å². The highest BCUT2D eigenvalue weighted by atomic mass is 16.5. The minimum atomic E-state index is -0.162. The first-order valence-corrected chi connectivity index (χ1v) is 7.98. The lowest BCUT2D eigenvalue weighted by Gasteiger charge is -2.48. The summed E-state index contributed by atoms with van der Waals surface area (Å²) in [5.41, 5.74) is 0. The van der Waals surface area contributed by atoms with Crippen LogP contribution < -0.4 is 0 Å². The second-order valence-corrected chi connectivity index (χ2v) is 6.64. The molecule has 0 amide bonds. The summed E-state index contributed by atoms with van der Waals surface area (Å²) in [5, 5.41) is 10.1. The zero-order valence-electron chi connectivity index (χ0n) is 12.1. The van der Waals surface area contributed by atoms with Gasteiger partial charge in [0.25, 0.3) is 0 Å². The fourth-order valence-corrected chi connectivity index (χ4v) is 3.93. The first-order valence-electron chi connectivity index (χ1n) is 7.98. The molecule has 3 aliphatic heterocycles. The van der Waals surface area contributed by atoms with Crippen molar-refractivity contribution in [2.24, 2.45) is 5.92 Å². The summed E-state index contributed by atoms with van der Waals surface area (Å²) in [6, 6.07) is 1.37. The third-order valence-electron chi connectivity index (χ3n) is 5.22. The van der Waals surface area contributed by atoms with E-state index in [-0.39, 0.29) is 6.10 Å². The number of aliphatic hydroxyl groups excluding tert-OH is 1. The highest BCUT2D eigenvalue weighted by Gasteiger charge is 2.35. The van der Waals surface area contributed by atoms with Gasteiger partial charge in [-0.05, 0) is 32.7 Å². The van der Waals surface area contributed by atoms with E-state index >= 15 is 0 Å². The van der Waals surface area contributed by atoms with Gasteiger partial charge in [-0.25, -0.2) is 0 Å². The molecule has 19 heavy (non-hydrogen) atoms. The van der Waals surface area contributed by atoms with Gasteiger partial charge in [0.2, 0.25) is 0 Å². The van der Waals surface area contributed by atoms with Crippen LogP contribution in [0.2, 0.25) is 0 Å². The molecule has 3 rings (SSSR count). The van der Waals surface area contributed by atoms with E-state index in [2.05, 4.69) is 16.7 Å². The molecule has 0 bridgehead atoms. The smallest absolute Gasteiger partial charge is 0.0624 e. The predicted molar refractivity (Wildman–Crippen MR) is 75.2 cm³/mol. The van der Waals surface area contributed by atoms with Crippen molar-refractivity contribution in [2.45, 2.75) is 50.8 Å². The van der Waals surface area contributed by atoms with E-state index in [0.717, 1.165) is 32.2 Å². The number of hydrogen-bond donors (Lipinski definition) is 1. The second-order valence-electron chi connectivity index (χ2n) is 6.64. The molecule has 0 aromatic carbocycles. The highest BCUT2D eigenvalue weighted by Crippen LogP contribution is 2.26. The van der Waals surface area contributed by atoms with Gasteiger partial charge in [-0.3, -0.25) is 9.80 Å². The molecule has 0 radical (unpaired) electrons. The number of ether oxygens (including phenoxy) is 1. The Labute approximate surface area is 116 Å². The van der Waals surface area contributed by atoms with E-state index in [9.17, 15) is 5.11 Å². The number of piperazine rings is 1. The Bertz CT molecular complexity index is 300. The number of piperidine rings is 1. The molecule has 3 aliphatic rings. The molecule has 0 aromatic heterocycles. The topological polar surface area (TPSA) is 35.9 Å². The van der Waals surface area contributed by atoms with Crippen LogP contribution in [0.1, 0.15) is 32.6 Å². The molecular weight excluding hydrogens is 240 g/mol. The summed E-state index contributed by atoms with van der Waals surface area (Å²) in [7, 11) is 0. The Hall–Kier alpha value is -0.160. The molecule has 4 atom stereocenters. The molecule has 0 saturated carbocycles. The van der Waals surface area contributed by atoms with Crippen molar-refractivity contribution in [3.05, 3.63) is 0 Å². The third-order valence-corrected chi connectivity index (χ3v) is 5.22. The van der Waals surface area contributed by atoms with Gasteiger partial charge >= 0.3 is 0 Å². The zero-order valence-corrected chi connectivity index (χ0v) is 12.1. The van der Waals surface area contributed by atoms with E-state index in [1.807, 2.05) is 0 Å². The molecule has 4 nitrogen and oxygen atoms in total. The third kappa shape index (κ3) is 3.13. The molecule has 3 saturated heterocycles. The maximum Gasteiger partial charge on any atom is 0.0624 e. The van der Waals surface area contributed by atoms with Crippen molar-refractivity contribution in [3.63, 3.8) is 0 Å². The zero-order chi connectivity index (χ0) is 13.2. The van der Waals surface area contributed by atoms with Crippen molar-refractivity contribution >= 4 is 0 Å². The summed E-state index contributed by atoms with van der Waals surface area (Å²) in [6.07, 6.45) is 4.76. The first kappa shape index (κ1) is 13.8. The van der Waals surface area contributed by atoms with Crippen molar-refractivity contribution in [1.82, 2.24) is 9.80 Å². The molecule has 4 unspecified atom stereocenters. The molecule has 0 aromatic rings. The van der Waals surface area contributed by atoms with E-state index in [0.29, 0.717) is 12.0 Å². The lowest BCUT2D eigenvalue weighted by Crippen LogP contribution is -2.60. The Morgan fingerprint density at radius 3 is 2.95 bits per heavy atom. The highest BCUT2D eigenvalue weighted by molar-refractivity contribution is 4.90. The summed E-state index contributed by atoms with van der Waals surface area (Å²) in [5.74, 6) is 0.311. The lowest BCUT2D eigenvalue weighted by molar-refractivity contribution is -0.0645. The van der Waals surface area contributed by atoms with Gasteiger partial charge in [0.1, 0.15) is 0 Å². The first-order chi connectivity index (χ1) is 9.24. The maximum absolute atomic E-state index is 10.1. The van der Waals surface area contributed by atoms with Crippen molar-refractivity contribution in [3.8, 4) is 0 Å². The van der Waals surface area contributed by atoms with Gasteiger partial charge in [0.15, 0.2) is 0 Å². The second kappa shape index (κ2) is 6.08. The van der Waals surface area contributed by atoms with E-state index < -0.39 is 0 Å². The molecule has 1 N–H and O–H groups in total. The lowest BCUT2D eigenvalue weighted by atomic mass is 9.93. The fourth-order valence-electron chi connectivity index (χ4n) is 3.93. The number of nitrogens with zero attached hydrogens (tertiary/aromatic N) is 2. The summed E-state index contributed by atoms with van der Waals surface area (Å²) >= 11 is 0. The number of aliphatic hydroxyl groups is 1. The Morgan fingerprint density at radius 2 is 2.11 bits per heavy atom. The number of rotatable bonds is 2. The maximum atomic E-state index is 10.1. The fraction of sp³-hybridized carbons (Fsp3) is 1.00. The van der Waals surface area contributed by atoms with Crippen LogP contribution in [0, 0.1) is 5.92 Å². The standard InChI is InChI=1S/C15H28N2O2/c1-12-8-16-6-3-2-4-14(16)10-17(12)9-13-11-19-7-5-15(13)18/h12-15,18H,2-11H2,1H3. The Morgan fingerprint density at radius 1 is 1.21 bits per heavy atom. The van der Waals surface area contributed by atoms with Crippen molar-refractivity contribution in [1.29, 1.82) is 0 Å². The van der Waals surface area contributed by atoms with Crippen LogP contribution >= 0.6 is 0 Å².